The van der Waals surface area contributed by atoms with Gasteiger partial charge >= 0.3 is 0 Å². The normalized spacial score (nSPS) is 15.9. The van der Waals surface area contributed by atoms with Gasteiger partial charge in [0.2, 0.25) is 5.91 Å². The van der Waals surface area contributed by atoms with Crippen molar-refractivity contribution in [2.45, 2.75) is 39.2 Å². The molecule has 0 bridgehead atoms. The molecule has 1 fully saturated rings. The molecule has 1 saturated carbocycles. The highest BCUT2D eigenvalue weighted by molar-refractivity contribution is 7.80. The predicted molar refractivity (Wildman–Crippen MR) is 81.1 cm³/mol. The van der Waals surface area contributed by atoms with Gasteiger partial charge in [0.05, 0.1) is 17.5 Å². The van der Waals surface area contributed by atoms with Gasteiger partial charge in [-0.1, -0.05) is 30.4 Å². The lowest BCUT2D eigenvalue weighted by atomic mass is 10.0. The van der Waals surface area contributed by atoms with Crippen LogP contribution in [0.25, 0.3) is 0 Å². The molecule has 0 spiro atoms. The molecule has 19 heavy (non-hydrogen) atoms. The van der Waals surface area contributed by atoms with Crippen molar-refractivity contribution >= 4 is 23.1 Å². The number of rotatable bonds is 5. The fraction of sp³-hybridized carbons (Fsp3) is 0.467. The molecular weight excluding hydrogens is 256 g/mol. The lowest BCUT2D eigenvalue weighted by Gasteiger charge is -2.16. The molecule has 4 heteroatoms. The predicted octanol–water partition coefficient (Wildman–Crippen LogP) is 2.03. The molecule has 1 aliphatic rings. The zero-order chi connectivity index (χ0) is 14.0. The molecule has 3 nitrogen and oxygen atoms in total. The Labute approximate surface area is 119 Å². The summed E-state index contributed by atoms with van der Waals surface area (Å²) in [6.07, 6.45) is 2.59. The fourth-order valence-electron chi connectivity index (χ4n) is 2.17. The third-order valence-corrected chi connectivity index (χ3v) is 3.91. The van der Waals surface area contributed by atoms with Crippen molar-refractivity contribution in [1.82, 2.24) is 5.32 Å². The van der Waals surface area contributed by atoms with E-state index in [4.69, 9.17) is 18.0 Å². The summed E-state index contributed by atoms with van der Waals surface area (Å²) in [4.78, 5) is 12.4. The molecule has 3 N–H and O–H groups in total. The summed E-state index contributed by atoms with van der Waals surface area (Å²) in [7, 11) is 0. The minimum absolute atomic E-state index is 0.00652. The van der Waals surface area contributed by atoms with E-state index in [0.29, 0.717) is 17.3 Å². The first-order valence-corrected chi connectivity index (χ1v) is 7.03. The van der Waals surface area contributed by atoms with E-state index in [1.54, 1.807) is 0 Å². The minimum atomic E-state index is -0.131. The second kappa shape index (κ2) is 5.70. The van der Waals surface area contributed by atoms with Crippen LogP contribution in [0.4, 0.5) is 0 Å². The second-order valence-electron chi connectivity index (χ2n) is 5.38. The van der Waals surface area contributed by atoms with E-state index in [-0.39, 0.29) is 11.9 Å². The standard InChI is InChI=1S/C15H20N2OS/c1-9-3-4-11(7-10(9)2)8-13(18)17-14(15(16)19)12-5-6-12/h3-4,7,12,14H,5-6,8H2,1-2H3,(H2,16,19)(H,17,18). The first-order valence-electron chi connectivity index (χ1n) is 6.62. The molecule has 0 heterocycles. The Bertz CT molecular complexity index is 509. The van der Waals surface area contributed by atoms with Crippen LogP contribution in [-0.2, 0) is 11.2 Å². The first kappa shape index (κ1) is 14.0. The van der Waals surface area contributed by atoms with Crippen molar-refractivity contribution in [2.24, 2.45) is 11.7 Å². The van der Waals surface area contributed by atoms with Crippen LogP contribution in [-0.4, -0.2) is 16.9 Å². The monoisotopic (exact) mass is 276 g/mol. The molecular formula is C15H20N2OS. The summed E-state index contributed by atoms with van der Waals surface area (Å²) < 4.78 is 0. The van der Waals surface area contributed by atoms with Gasteiger partial charge in [-0.15, -0.1) is 0 Å². The maximum absolute atomic E-state index is 12.0. The van der Waals surface area contributed by atoms with Crippen molar-refractivity contribution in [1.29, 1.82) is 0 Å². The molecule has 0 saturated heterocycles. The Morgan fingerprint density at radius 2 is 2.11 bits per heavy atom. The van der Waals surface area contributed by atoms with Crippen LogP contribution in [0.3, 0.4) is 0 Å². The third kappa shape index (κ3) is 3.77. The molecule has 1 aromatic carbocycles. The molecule has 0 aliphatic heterocycles. The summed E-state index contributed by atoms with van der Waals surface area (Å²) in [5.41, 5.74) is 9.15. The van der Waals surface area contributed by atoms with E-state index >= 15 is 0 Å². The van der Waals surface area contributed by atoms with Crippen molar-refractivity contribution in [2.75, 3.05) is 0 Å². The Balaban J connectivity index is 1.96. The number of carbonyl (C=O) groups is 1. The average molecular weight is 276 g/mol. The number of aryl methyl sites for hydroxylation is 2. The number of nitrogens with two attached hydrogens (primary N) is 1. The summed E-state index contributed by atoms with van der Waals surface area (Å²) in [6.45, 7) is 4.12. The molecule has 2 rings (SSSR count). The number of hydrogen-bond acceptors (Lipinski definition) is 2. The number of amides is 1. The molecule has 0 aromatic heterocycles. The molecule has 1 aliphatic carbocycles. The third-order valence-electron chi connectivity index (χ3n) is 3.65. The molecule has 0 radical (unpaired) electrons. The second-order valence-corrected chi connectivity index (χ2v) is 5.85. The number of hydrogen-bond donors (Lipinski definition) is 2. The van der Waals surface area contributed by atoms with Crippen LogP contribution in [0.1, 0.15) is 29.5 Å². The van der Waals surface area contributed by atoms with Crippen molar-refractivity contribution < 1.29 is 4.79 Å². The van der Waals surface area contributed by atoms with Gasteiger partial charge < -0.3 is 11.1 Å². The fourth-order valence-corrected chi connectivity index (χ4v) is 2.43. The van der Waals surface area contributed by atoms with Gasteiger partial charge in [0.25, 0.3) is 0 Å². The summed E-state index contributed by atoms with van der Waals surface area (Å²) in [5, 5.41) is 2.96. The highest BCUT2D eigenvalue weighted by atomic mass is 32.1. The van der Waals surface area contributed by atoms with Gasteiger partial charge in [0, 0.05) is 0 Å². The zero-order valence-corrected chi connectivity index (χ0v) is 12.2. The Hall–Kier alpha value is -1.42. The van der Waals surface area contributed by atoms with E-state index in [0.717, 1.165) is 18.4 Å². The van der Waals surface area contributed by atoms with Crippen LogP contribution in [0.5, 0.6) is 0 Å². The highest BCUT2D eigenvalue weighted by Crippen LogP contribution is 2.32. The van der Waals surface area contributed by atoms with Crippen LogP contribution in [0.15, 0.2) is 18.2 Å². The summed E-state index contributed by atoms with van der Waals surface area (Å²) in [6, 6.07) is 5.97. The molecule has 1 amide bonds. The average Bonchev–Trinajstić information content (AvgIpc) is 3.14. The van der Waals surface area contributed by atoms with E-state index in [1.807, 2.05) is 12.1 Å². The van der Waals surface area contributed by atoms with Crippen LogP contribution in [0.2, 0.25) is 0 Å². The maximum atomic E-state index is 12.0. The topological polar surface area (TPSA) is 55.1 Å². The Morgan fingerprint density at radius 1 is 1.42 bits per heavy atom. The van der Waals surface area contributed by atoms with E-state index in [9.17, 15) is 4.79 Å². The maximum Gasteiger partial charge on any atom is 0.224 e. The van der Waals surface area contributed by atoms with Gasteiger partial charge in [0.15, 0.2) is 0 Å². The molecule has 1 atom stereocenters. The van der Waals surface area contributed by atoms with Crippen molar-refractivity contribution in [3.05, 3.63) is 34.9 Å². The number of nitrogens with one attached hydrogen (secondary N) is 1. The smallest absolute Gasteiger partial charge is 0.224 e. The van der Waals surface area contributed by atoms with E-state index < -0.39 is 0 Å². The zero-order valence-electron chi connectivity index (χ0n) is 11.4. The summed E-state index contributed by atoms with van der Waals surface area (Å²) in [5.74, 6) is 0.439. The highest BCUT2D eigenvalue weighted by Gasteiger charge is 2.34. The molecule has 1 aromatic rings. The Morgan fingerprint density at radius 3 is 2.63 bits per heavy atom. The largest absolute Gasteiger partial charge is 0.392 e. The van der Waals surface area contributed by atoms with Gasteiger partial charge in [-0.3, -0.25) is 4.79 Å². The summed E-state index contributed by atoms with van der Waals surface area (Å²) >= 11 is 5.02. The van der Waals surface area contributed by atoms with E-state index in [1.165, 1.54) is 11.1 Å². The minimum Gasteiger partial charge on any atom is -0.392 e. The van der Waals surface area contributed by atoms with Crippen LogP contribution in [0, 0.1) is 19.8 Å². The van der Waals surface area contributed by atoms with Gasteiger partial charge in [-0.25, -0.2) is 0 Å². The van der Waals surface area contributed by atoms with Gasteiger partial charge in [-0.2, -0.15) is 0 Å². The number of benzene rings is 1. The lowest BCUT2D eigenvalue weighted by Crippen LogP contribution is -2.45. The van der Waals surface area contributed by atoms with Crippen LogP contribution >= 0.6 is 12.2 Å². The van der Waals surface area contributed by atoms with Crippen LogP contribution < -0.4 is 11.1 Å². The van der Waals surface area contributed by atoms with Gasteiger partial charge in [0.1, 0.15) is 0 Å². The number of carbonyl (C=O) groups excluding carboxylic acids is 1. The quantitative estimate of drug-likeness (QED) is 0.809. The lowest BCUT2D eigenvalue weighted by molar-refractivity contribution is -0.120. The van der Waals surface area contributed by atoms with E-state index in [2.05, 4.69) is 25.2 Å². The molecule has 1 unspecified atom stereocenters. The van der Waals surface area contributed by atoms with Crippen molar-refractivity contribution in [3.63, 3.8) is 0 Å². The molecule has 102 valence electrons. The van der Waals surface area contributed by atoms with Crippen molar-refractivity contribution in [3.8, 4) is 0 Å². The first-order chi connectivity index (χ1) is 8.97. The SMILES string of the molecule is Cc1ccc(CC(=O)NC(C(N)=S)C2CC2)cc1C. The number of thiocarbonyl (C=S) groups is 1. The van der Waals surface area contributed by atoms with Gasteiger partial charge in [-0.05, 0) is 49.3 Å². The Kier molecular flexibility index (Phi) is 4.20.